The Bertz CT molecular complexity index is 757. The quantitative estimate of drug-likeness (QED) is 0.759. The molecule has 0 atom stereocenters. The molecule has 0 radical (unpaired) electrons. The Balaban J connectivity index is 2.05. The van der Waals surface area contributed by atoms with Crippen molar-refractivity contribution in [3.05, 3.63) is 22.9 Å². The summed E-state index contributed by atoms with van der Waals surface area (Å²) in [6, 6.07) is 0. The summed E-state index contributed by atoms with van der Waals surface area (Å²) in [6.07, 6.45) is 4.01. The molecule has 0 saturated heterocycles. The van der Waals surface area contributed by atoms with Crippen LogP contribution in [0.2, 0.25) is 0 Å². The predicted octanol–water partition coefficient (Wildman–Crippen LogP) is 0.891. The normalized spacial score (nSPS) is 11.8. The van der Waals surface area contributed by atoms with Gasteiger partial charge in [0.25, 0.3) is 5.56 Å². The Kier molecular flexibility index (Phi) is 5.71. The summed E-state index contributed by atoms with van der Waals surface area (Å²) in [5.74, 6) is -0.0940. The number of aryl methyl sites for hydroxylation is 1. The second kappa shape index (κ2) is 7.57. The van der Waals surface area contributed by atoms with Crippen LogP contribution < -0.4 is 10.9 Å². The fourth-order valence-electron chi connectivity index (χ4n) is 2.35. The largest absolute Gasteiger partial charge is 0.385 e. The molecule has 1 amide bonds. The highest BCUT2D eigenvalue weighted by atomic mass is 16.5. The smallest absolute Gasteiger partial charge is 0.264 e. The van der Waals surface area contributed by atoms with E-state index < -0.39 is 0 Å². The van der Waals surface area contributed by atoms with E-state index in [1.165, 1.54) is 17.1 Å². The maximum atomic E-state index is 12.5. The molecule has 1 N–H and O–H groups in total. The number of fused-ring (bicyclic) bond motifs is 1. The van der Waals surface area contributed by atoms with E-state index in [1.807, 2.05) is 20.8 Å². The molecule has 8 nitrogen and oxygen atoms in total. The second-order valence-corrected chi connectivity index (χ2v) is 6.65. The van der Waals surface area contributed by atoms with E-state index in [2.05, 4.69) is 15.4 Å². The lowest BCUT2D eigenvalue weighted by molar-refractivity contribution is -0.121. The van der Waals surface area contributed by atoms with Gasteiger partial charge >= 0.3 is 0 Å². The van der Waals surface area contributed by atoms with Crippen LogP contribution in [0.5, 0.6) is 0 Å². The minimum atomic E-state index is -0.255. The van der Waals surface area contributed by atoms with Crippen molar-refractivity contribution in [2.75, 3.05) is 20.3 Å². The number of carbonyl (C=O) groups is 1. The third-order valence-electron chi connectivity index (χ3n) is 3.62. The maximum absolute atomic E-state index is 12.5. The summed E-state index contributed by atoms with van der Waals surface area (Å²) in [5.41, 5.74) is 0.130. The highest BCUT2D eigenvalue weighted by Gasteiger charge is 2.19. The lowest BCUT2D eigenvalue weighted by atomic mass is 10.1. The first-order valence-electron chi connectivity index (χ1n) is 8.04. The molecule has 2 aromatic heterocycles. The minimum absolute atomic E-state index is 0.0940. The van der Waals surface area contributed by atoms with Gasteiger partial charge in [-0.15, -0.1) is 0 Å². The van der Waals surface area contributed by atoms with Gasteiger partial charge in [-0.25, -0.2) is 9.67 Å². The molecule has 2 rings (SSSR count). The molecule has 0 unspecified atom stereocenters. The van der Waals surface area contributed by atoms with Crippen molar-refractivity contribution in [1.29, 1.82) is 0 Å². The molecule has 0 saturated carbocycles. The Labute approximate surface area is 140 Å². The number of ether oxygens (including phenoxy) is 1. The molecule has 0 aromatic carbocycles. The SMILES string of the molecule is COCCCNC(=O)CCn1cnc2c(cnn2C(C)(C)C)c1=O. The van der Waals surface area contributed by atoms with Crippen molar-refractivity contribution in [2.24, 2.45) is 0 Å². The number of carbonyl (C=O) groups excluding carboxylic acids is 1. The number of rotatable bonds is 7. The van der Waals surface area contributed by atoms with Gasteiger partial charge in [-0.05, 0) is 27.2 Å². The zero-order valence-corrected chi connectivity index (χ0v) is 14.7. The summed E-state index contributed by atoms with van der Waals surface area (Å²) in [7, 11) is 1.62. The van der Waals surface area contributed by atoms with Gasteiger partial charge in [-0.2, -0.15) is 5.10 Å². The second-order valence-electron chi connectivity index (χ2n) is 6.65. The summed E-state index contributed by atoms with van der Waals surface area (Å²) < 4.78 is 8.11. The Morgan fingerprint density at radius 2 is 2.12 bits per heavy atom. The van der Waals surface area contributed by atoms with E-state index in [9.17, 15) is 9.59 Å². The van der Waals surface area contributed by atoms with Gasteiger partial charge in [0, 0.05) is 33.2 Å². The molecule has 132 valence electrons. The monoisotopic (exact) mass is 335 g/mol. The van der Waals surface area contributed by atoms with Gasteiger partial charge in [0.2, 0.25) is 5.91 Å². The molecule has 0 fully saturated rings. The van der Waals surface area contributed by atoms with Gasteiger partial charge < -0.3 is 10.1 Å². The average molecular weight is 335 g/mol. The first-order valence-corrected chi connectivity index (χ1v) is 8.04. The molecular weight excluding hydrogens is 310 g/mol. The number of aromatic nitrogens is 4. The molecule has 0 aliphatic rings. The van der Waals surface area contributed by atoms with Crippen molar-refractivity contribution < 1.29 is 9.53 Å². The highest BCUT2D eigenvalue weighted by Crippen LogP contribution is 2.17. The van der Waals surface area contributed by atoms with Crippen LogP contribution in [0, 0.1) is 0 Å². The van der Waals surface area contributed by atoms with Crippen molar-refractivity contribution in [1.82, 2.24) is 24.6 Å². The van der Waals surface area contributed by atoms with Crippen molar-refractivity contribution in [3.8, 4) is 0 Å². The number of amides is 1. The molecule has 2 heterocycles. The van der Waals surface area contributed by atoms with Crippen molar-refractivity contribution in [2.45, 2.75) is 45.7 Å². The van der Waals surface area contributed by atoms with Crippen LogP contribution in [0.15, 0.2) is 17.3 Å². The van der Waals surface area contributed by atoms with Crippen LogP contribution >= 0.6 is 0 Å². The van der Waals surface area contributed by atoms with Crippen LogP contribution in [-0.2, 0) is 21.6 Å². The molecule has 2 aromatic rings. The van der Waals surface area contributed by atoms with E-state index in [1.54, 1.807) is 11.8 Å². The molecule has 8 heteroatoms. The van der Waals surface area contributed by atoms with Crippen LogP contribution in [0.1, 0.15) is 33.6 Å². The fraction of sp³-hybridized carbons (Fsp3) is 0.625. The number of hydrogen-bond donors (Lipinski definition) is 1. The van der Waals surface area contributed by atoms with Gasteiger partial charge in [-0.1, -0.05) is 0 Å². The topological polar surface area (TPSA) is 91.0 Å². The first kappa shape index (κ1) is 18.1. The Morgan fingerprint density at radius 1 is 1.38 bits per heavy atom. The Hall–Kier alpha value is -2.22. The van der Waals surface area contributed by atoms with Crippen LogP contribution in [-0.4, -0.2) is 45.5 Å². The maximum Gasteiger partial charge on any atom is 0.264 e. The molecule has 0 bridgehead atoms. The van der Waals surface area contributed by atoms with Crippen molar-refractivity contribution >= 4 is 16.9 Å². The minimum Gasteiger partial charge on any atom is -0.385 e. The number of hydrogen-bond acceptors (Lipinski definition) is 5. The predicted molar refractivity (Wildman–Crippen MR) is 90.9 cm³/mol. The zero-order valence-electron chi connectivity index (χ0n) is 14.7. The average Bonchev–Trinajstić information content (AvgIpc) is 2.96. The van der Waals surface area contributed by atoms with Gasteiger partial charge in [0.15, 0.2) is 5.65 Å². The van der Waals surface area contributed by atoms with E-state index in [0.29, 0.717) is 30.7 Å². The van der Waals surface area contributed by atoms with E-state index in [4.69, 9.17) is 4.74 Å². The summed E-state index contributed by atoms with van der Waals surface area (Å²) in [6.45, 7) is 7.47. The van der Waals surface area contributed by atoms with Crippen LogP contribution in [0.4, 0.5) is 0 Å². The van der Waals surface area contributed by atoms with E-state index >= 15 is 0 Å². The van der Waals surface area contributed by atoms with Crippen LogP contribution in [0.25, 0.3) is 11.0 Å². The zero-order chi connectivity index (χ0) is 17.7. The van der Waals surface area contributed by atoms with Gasteiger partial charge in [-0.3, -0.25) is 14.2 Å². The third-order valence-corrected chi connectivity index (χ3v) is 3.62. The lowest BCUT2D eigenvalue weighted by Gasteiger charge is -2.19. The third kappa shape index (κ3) is 4.19. The van der Waals surface area contributed by atoms with Gasteiger partial charge in [0.1, 0.15) is 5.39 Å². The van der Waals surface area contributed by atoms with E-state index in [-0.39, 0.29) is 23.4 Å². The van der Waals surface area contributed by atoms with E-state index in [0.717, 1.165) is 6.42 Å². The number of nitrogens with zero attached hydrogens (tertiary/aromatic N) is 4. The standard InChI is InChI=1S/C16H25N5O3/c1-16(2,3)21-14-12(10-19-21)15(23)20(11-18-14)8-6-13(22)17-7-5-9-24-4/h10-11H,5-9H2,1-4H3,(H,17,22). The molecule has 0 aliphatic heterocycles. The molecule has 0 aliphatic carbocycles. The summed E-state index contributed by atoms with van der Waals surface area (Å²) in [5, 5.41) is 7.53. The molecule has 24 heavy (non-hydrogen) atoms. The number of nitrogens with one attached hydrogen (secondary N) is 1. The summed E-state index contributed by atoms with van der Waals surface area (Å²) >= 11 is 0. The van der Waals surface area contributed by atoms with Crippen LogP contribution in [0.3, 0.4) is 0 Å². The molecular formula is C16H25N5O3. The van der Waals surface area contributed by atoms with Crippen molar-refractivity contribution in [3.63, 3.8) is 0 Å². The molecule has 0 spiro atoms. The Morgan fingerprint density at radius 3 is 2.79 bits per heavy atom. The summed E-state index contributed by atoms with van der Waals surface area (Å²) in [4.78, 5) is 28.6. The van der Waals surface area contributed by atoms with Gasteiger partial charge in [0.05, 0.1) is 18.1 Å². The highest BCUT2D eigenvalue weighted by molar-refractivity contribution is 5.76. The lowest BCUT2D eigenvalue weighted by Crippen LogP contribution is -2.29. The number of methoxy groups -OCH3 is 1. The fourth-order valence-corrected chi connectivity index (χ4v) is 2.35. The first-order chi connectivity index (χ1) is 11.3.